The average Bonchev–Trinajstić information content (AvgIpc) is 2.42. The third-order valence-electron chi connectivity index (χ3n) is 3.00. The molecule has 0 fully saturated rings. The highest BCUT2D eigenvalue weighted by Gasteiger charge is 2.13. The van der Waals surface area contributed by atoms with Gasteiger partial charge in [-0.2, -0.15) is 0 Å². The van der Waals surface area contributed by atoms with Crippen LogP contribution in [0.1, 0.15) is 21.5 Å². The highest BCUT2D eigenvalue weighted by Crippen LogP contribution is 2.20. The summed E-state index contributed by atoms with van der Waals surface area (Å²) in [6, 6.07) is 8.70. The standard InChI is InChI=1S/C15H12ClFO3S/c1-9-2-5-12(7-13(9)15(18)19)21(20)8-10-3-4-11(16)6-14(10)17/h2-7H,8H2,1H3,(H,18,19). The number of hydrogen-bond donors (Lipinski definition) is 1. The van der Waals surface area contributed by atoms with Crippen molar-refractivity contribution in [1.29, 1.82) is 0 Å². The van der Waals surface area contributed by atoms with Crippen molar-refractivity contribution in [3.63, 3.8) is 0 Å². The van der Waals surface area contributed by atoms with E-state index in [-0.39, 0.29) is 21.9 Å². The van der Waals surface area contributed by atoms with Gasteiger partial charge in [0.15, 0.2) is 0 Å². The fourth-order valence-corrected chi connectivity index (χ4v) is 3.15. The van der Waals surface area contributed by atoms with Gasteiger partial charge in [0.05, 0.1) is 22.1 Å². The van der Waals surface area contributed by atoms with Gasteiger partial charge in [-0.1, -0.05) is 23.7 Å². The SMILES string of the molecule is Cc1ccc(S(=O)Cc2ccc(Cl)cc2F)cc1C(=O)O. The zero-order chi connectivity index (χ0) is 15.6. The maximum absolute atomic E-state index is 13.7. The van der Waals surface area contributed by atoms with E-state index in [1.807, 2.05) is 0 Å². The number of carboxylic acids is 1. The van der Waals surface area contributed by atoms with E-state index >= 15 is 0 Å². The normalized spacial score (nSPS) is 12.1. The molecule has 0 spiro atoms. The van der Waals surface area contributed by atoms with Gasteiger partial charge in [-0.15, -0.1) is 0 Å². The number of aryl methyl sites for hydroxylation is 1. The lowest BCUT2D eigenvalue weighted by Crippen LogP contribution is -2.04. The number of aromatic carboxylic acids is 1. The van der Waals surface area contributed by atoms with Crippen LogP contribution in [0.4, 0.5) is 4.39 Å². The fraction of sp³-hybridized carbons (Fsp3) is 0.133. The Morgan fingerprint density at radius 1 is 1.29 bits per heavy atom. The van der Waals surface area contributed by atoms with Crippen LogP contribution < -0.4 is 0 Å². The van der Waals surface area contributed by atoms with Crippen LogP contribution in [0, 0.1) is 12.7 Å². The summed E-state index contributed by atoms with van der Waals surface area (Å²) >= 11 is 5.66. The Morgan fingerprint density at radius 3 is 2.62 bits per heavy atom. The number of carbonyl (C=O) groups is 1. The summed E-state index contributed by atoms with van der Waals surface area (Å²) in [5.74, 6) is -1.64. The largest absolute Gasteiger partial charge is 0.478 e. The van der Waals surface area contributed by atoms with Gasteiger partial charge in [0.1, 0.15) is 5.82 Å². The topological polar surface area (TPSA) is 54.4 Å². The molecular formula is C15H12ClFO3S. The van der Waals surface area contributed by atoms with E-state index in [0.717, 1.165) is 6.07 Å². The molecule has 2 rings (SSSR count). The van der Waals surface area contributed by atoms with Gasteiger partial charge in [-0.25, -0.2) is 9.18 Å². The molecule has 2 aromatic carbocycles. The Bertz CT molecular complexity index is 731. The lowest BCUT2D eigenvalue weighted by molar-refractivity contribution is 0.0696. The summed E-state index contributed by atoms with van der Waals surface area (Å²) in [4.78, 5) is 11.4. The summed E-state index contributed by atoms with van der Waals surface area (Å²) in [6.07, 6.45) is 0. The second-order valence-electron chi connectivity index (χ2n) is 4.51. The second-order valence-corrected chi connectivity index (χ2v) is 6.40. The smallest absolute Gasteiger partial charge is 0.335 e. The molecule has 0 saturated carbocycles. The van der Waals surface area contributed by atoms with Gasteiger partial charge in [-0.05, 0) is 36.8 Å². The van der Waals surface area contributed by atoms with Crippen LogP contribution >= 0.6 is 11.6 Å². The van der Waals surface area contributed by atoms with Crippen LogP contribution in [0.3, 0.4) is 0 Å². The predicted molar refractivity (Wildman–Crippen MR) is 79.7 cm³/mol. The molecule has 0 aliphatic rings. The monoisotopic (exact) mass is 326 g/mol. The molecule has 1 unspecified atom stereocenters. The van der Waals surface area contributed by atoms with Gasteiger partial charge in [0.25, 0.3) is 0 Å². The first-order valence-electron chi connectivity index (χ1n) is 6.04. The van der Waals surface area contributed by atoms with E-state index in [1.165, 1.54) is 18.2 Å². The van der Waals surface area contributed by atoms with Gasteiger partial charge in [0, 0.05) is 15.5 Å². The van der Waals surface area contributed by atoms with Crippen LogP contribution in [0.15, 0.2) is 41.3 Å². The molecule has 2 aromatic rings. The first-order valence-corrected chi connectivity index (χ1v) is 7.74. The molecule has 0 saturated heterocycles. The Balaban J connectivity index is 2.28. The molecule has 0 aliphatic carbocycles. The maximum atomic E-state index is 13.7. The van der Waals surface area contributed by atoms with E-state index in [1.54, 1.807) is 19.1 Å². The molecule has 0 radical (unpaired) electrons. The van der Waals surface area contributed by atoms with Crippen molar-refractivity contribution in [3.05, 3.63) is 63.9 Å². The van der Waals surface area contributed by atoms with Crippen molar-refractivity contribution >= 4 is 28.4 Å². The molecule has 1 atom stereocenters. The fourth-order valence-electron chi connectivity index (χ4n) is 1.84. The van der Waals surface area contributed by atoms with E-state index in [9.17, 15) is 13.4 Å². The number of halogens is 2. The number of rotatable bonds is 4. The molecule has 0 aromatic heterocycles. The van der Waals surface area contributed by atoms with Gasteiger partial charge < -0.3 is 5.11 Å². The van der Waals surface area contributed by atoms with Crippen molar-refractivity contribution in [3.8, 4) is 0 Å². The molecule has 6 heteroatoms. The summed E-state index contributed by atoms with van der Waals surface area (Å²) in [5, 5.41) is 9.33. The van der Waals surface area contributed by atoms with E-state index in [2.05, 4.69) is 0 Å². The minimum absolute atomic E-state index is 0.0366. The Hall–Kier alpha value is -1.72. The maximum Gasteiger partial charge on any atom is 0.335 e. The lowest BCUT2D eigenvalue weighted by Gasteiger charge is -2.07. The van der Waals surface area contributed by atoms with Crippen molar-refractivity contribution in [1.82, 2.24) is 0 Å². The number of hydrogen-bond acceptors (Lipinski definition) is 2. The first kappa shape index (κ1) is 15.7. The molecular weight excluding hydrogens is 315 g/mol. The molecule has 3 nitrogen and oxygen atoms in total. The highest BCUT2D eigenvalue weighted by atomic mass is 35.5. The van der Waals surface area contributed by atoms with Crippen molar-refractivity contribution < 1.29 is 18.5 Å². The molecule has 0 amide bonds. The Morgan fingerprint density at radius 2 is 2.00 bits per heavy atom. The number of benzene rings is 2. The molecule has 1 N–H and O–H groups in total. The minimum atomic E-state index is -1.53. The first-order chi connectivity index (χ1) is 9.88. The van der Waals surface area contributed by atoms with Crippen LogP contribution in [-0.4, -0.2) is 15.3 Å². The second kappa shape index (κ2) is 6.37. The average molecular weight is 327 g/mol. The lowest BCUT2D eigenvalue weighted by atomic mass is 10.1. The summed E-state index contributed by atoms with van der Waals surface area (Å²) in [6.45, 7) is 1.66. The molecule has 0 bridgehead atoms. The van der Waals surface area contributed by atoms with Crippen LogP contribution in [0.25, 0.3) is 0 Å². The molecule has 0 aliphatic heterocycles. The third-order valence-corrected chi connectivity index (χ3v) is 4.59. The summed E-state index contributed by atoms with van der Waals surface area (Å²) < 4.78 is 25.9. The van der Waals surface area contributed by atoms with E-state index < -0.39 is 22.6 Å². The molecule has 0 heterocycles. The summed E-state index contributed by atoms with van der Waals surface area (Å²) in [7, 11) is -1.53. The van der Waals surface area contributed by atoms with Crippen LogP contribution in [-0.2, 0) is 16.6 Å². The summed E-state index contributed by atoms with van der Waals surface area (Å²) in [5.41, 5.74) is 0.952. The van der Waals surface area contributed by atoms with E-state index in [0.29, 0.717) is 10.5 Å². The zero-order valence-corrected chi connectivity index (χ0v) is 12.7. The van der Waals surface area contributed by atoms with Crippen LogP contribution in [0.2, 0.25) is 5.02 Å². The highest BCUT2D eigenvalue weighted by molar-refractivity contribution is 7.84. The van der Waals surface area contributed by atoms with Crippen molar-refractivity contribution in [2.24, 2.45) is 0 Å². The molecule has 110 valence electrons. The van der Waals surface area contributed by atoms with E-state index in [4.69, 9.17) is 16.7 Å². The van der Waals surface area contributed by atoms with Crippen molar-refractivity contribution in [2.75, 3.05) is 0 Å². The van der Waals surface area contributed by atoms with Gasteiger partial charge in [0.2, 0.25) is 0 Å². The predicted octanol–water partition coefficient (Wildman–Crippen LogP) is 3.79. The van der Waals surface area contributed by atoms with Gasteiger partial charge >= 0.3 is 5.97 Å². The molecule has 21 heavy (non-hydrogen) atoms. The quantitative estimate of drug-likeness (QED) is 0.930. The van der Waals surface area contributed by atoms with Crippen LogP contribution in [0.5, 0.6) is 0 Å². The zero-order valence-electron chi connectivity index (χ0n) is 11.1. The Kier molecular flexibility index (Phi) is 4.75. The minimum Gasteiger partial charge on any atom is -0.478 e. The number of carboxylic acid groups (broad SMARTS) is 1. The van der Waals surface area contributed by atoms with Gasteiger partial charge in [-0.3, -0.25) is 4.21 Å². The third kappa shape index (κ3) is 3.68. The Labute approximate surface area is 128 Å². The van der Waals surface area contributed by atoms with Crippen molar-refractivity contribution in [2.45, 2.75) is 17.6 Å².